The maximum absolute atomic E-state index is 13.0. The number of hydrogen-bond acceptors (Lipinski definition) is 4. The number of carbonyl (C=O) groups excluding carboxylic acids is 1. The predicted molar refractivity (Wildman–Crippen MR) is 108 cm³/mol. The molecule has 1 heterocycles. The zero-order chi connectivity index (χ0) is 19.0. The molecule has 0 bridgehead atoms. The Morgan fingerprint density at radius 1 is 1.04 bits per heavy atom. The lowest BCUT2D eigenvalue weighted by molar-refractivity contribution is -0.286. The van der Waals surface area contributed by atoms with E-state index in [1.807, 2.05) is 18.8 Å². The maximum atomic E-state index is 13.0. The van der Waals surface area contributed by atoms with Crippen LogP contribution in [0.5, 0.6) is 17.2 Å². The Bertz CT molecular complexity index is 721. The third-order valence-corrected chi connectivity index (χ3v) is 3.07. The molecule has 0 atom stereocenters. The second kappa shape index (κ2) is 10.9. The van der Waals surface area contributed by atoms with Crippen molar-refractivity contribution in [1.29, 1.82) is 0 Å². The van der Waals surface area contributed by atoms with Crippen LogP contribution in [0.2, 0.25) is 0 Å². The van der Waals surface area contributed by atoms with Gasteiger partial charge in [0, 0.05) is 11.1 Å². The van der Waals surface area contributed by atoms with Gasteiger partial charge in [-0.25, -0.2) is 0 Å². The van der Waals surface area contributed by atoms with Crippen molar-refractivity contribution in [2.24, 2.45) is 0 Å². The molecule has 0 spiro atoms. The molecule has 3 rings (SSSR count). The second-order valence-corrected chi connectivity index (χ2v) is 4.41. The van der Waals surface area contributed by atoms with Gasteiger partial charge in [0.15, 0.2) is 11.5 Å². The molecule has 1 aliphatic rings. The molecule has 26 heavy (non-hydrogen) atoms. The van der Waals surface area contributed by atoms with Gasteiger partial charge in [-0.15, -0.1) is 8.78 Å². The highest BCUT2D eigenvalue weighted by Gasteiger charge is 2.43. The molecule has 4 nitrogen and oxygen atoms in total. The molecule has 0 radical (unpaired) electrons. The minimum absolute atomic E-state index is 0. The quantitative estimate of drug-likeness (QED) is 0.298. The van der Waals surface area contributed by atoms with Crippen LogP contribution in [0.4, 0.5) is 8.78 Å². The van der Waals surface area contributed by atoms with Crippen LogP contribution in [-0.2, 0) is 0 Å². The Hall–Kier alpha value is -1.90. The SMILES string of the molecule is C.CC.CI.COc1ccc(C=O)cc1-c1ccc2c(c1)OC(F)(F)O2. The first-order chi connectivity index (χ1) is 12.0. The van der Waals surface area contributed by atoms with Gasteiger partial charge in [0.2, 0.25) is 0 Å². The Labute approximate surface area is 166 Å². The number of aldehydes is 1. The summed E-state index contributed by atoms with van der Waals surface area (Å²) < 4.78 is 40.0. The molecule has 1 aliphatic heterocycles. The Kier molecular flexibility index (Phi) is 10.1. The molecule has 0 N–H and O–H groups in total. The van der Waals surface area contributed by atoms with Crippen LogP contribution >= 0.6 is 22.6 Å². The van der Waals surface area contributed by atoms with Crippen LogP contribution in [0.25, 0.3) is 11.1 Å². The summed E-state index contributed by atoms with van der Waals surface area (Å²) in [5.41, 5.74) is 1.63. The number of hydrogen-bond donors (Lipinski definition) is 0. The summed E-state index contributed by atoms with van der Waals surface area (Å²) >= 11 is 2.15. The number of carbonyl (C=O) groups is 1. The van der Waals surface area contributed by atoms with Crippen molar-refractivity contribution < 1.29 is 27.8 Å². The van der Waals surface area contributed by atoms with E-state index in [1.165, 1.54) is 19.2 Å². The minimum atomic E-state index is -3.66. The van der Waals surface area contributed by atoms with E-state index in [0.717, 1.165) is 0 Å². The van der Waals surface area contributed by atoms with E-state index in [9.17, 15) is 13.6 Å². The lowest BCUT2D eigenvalue weighted by atomic mass is 10.0. The lowest BCUT2D eigenvalue weighted by Gasteiger charge is -2.09. The van der Waals surface area contributed by atoms with Crippen LogP contribution < -0.4 is 14.2 Å². The normalized spacial score (nSPS) is 12.4. The topological polar surface area (TPSA) is 44.8 Å². The molecule has 0 aromatic heterocycles. The number of fused-ring (bicyclic) bond motifs is 1. The molecule has 0 unspecified atom stereocenters. The average Bonchev–Trinajstić information content (AvgIpc) is 2.97. The van der Waals surface area contributed by atoms with Gasteiger partial charge >= 0.3 is 6.29 Å². The molecule has 2 aromatic rings. The summed E-state index contributed by atoms with van der Waals surface area (Å²) in [6, 6.07) is 9.26. The highest BCUT2D eigenvalue weighted by Crippen LogP contribution is 2.44. The first-order valence-electron chi connectivity index (χ1n) is 7.44. The highest BCUT2D eigenvalue weighted by atomic mass is 127. The Morgan fingerprint density at radius 2 is 1.65 bits per heavy atom. The van der Waals surface area contributed by atoms with Gasteiger partial charge < -0.3 is 14.2 Å². The summed E-state index contributed by atoms with van der Waals surface area (Å²) in [6.45, 7) is 4.00. The third-order valence-electron chi connectivity index (χ3n) is 3.07. The van der Waals surface area contributed by atoms with E-state index in [-0.39, 0.29) is 18.9 Å². The highest BCUT2D eigenvalue weighted by molar-refractivity contribution is 14.1. The molecular formula is C19H23F2IO4. The van der Waals surface area contributed by atoms with Crippen molar-refractivity contribution in [3.05, 3.63) is 42.0 Å². The fraction of sp³-hybridized carbons (Fsp3) is 0.316. The molecular weight excluding hydrogens is 457 g/mol. The number of alkyl halides is 3. The number of halogens is 3. The molecule has 7 heteroatoms. The van der Waals surface area contributed by atoms with E-state index in [4.69, 9.17) is 4.74 Å². The summed E-state index contributed by atoms with van der Waals surface area (Å²) in [5.74, 6) is 0.427. The van der Waals surface area contributed by atoms with Crippen molar-refractivity contribution in [2.45, 2.75) is 27.6 Å². The molecule has 144 valence electrons. The van der Waals surface area contributed by atoms with Crippen LogP contribution in [0.3, 0.4) is 0 Å². The van der Waals surface area contributed by atoms with Crippen molar-refractivity contribution in [1.82, 2.24) is 0 Å². The zero-order valence-corrected chi connectivity index (χ0v) is 16.5. The number of benzene rings is 2. The van der Waals surface area contributed by atoms with Crippen LogP contribution in [-0.4, -0.2) is 24.6 Å². The van der Waals surface area contributed by atoms with E-state index in [2.05, 4.69) is 32.1 Å². The van der Waals surface area contributed by atoms with Crippen LogP contribution in [0.15, 0.2) is 36.4 Å². The van der Waals surface area contributed by atoms with E-state index < -0.39 is 6.29 Å². The van der Waals surface area contributed by atoms with Crippen LogP contribution in [0, 0.1) is 0 Å². The maximum Gasteiger partial charge on any atom is 0.586 e. The smallest absolute Gasteiger partial charge is 0.496 e. The monoisotopic (exact) mass is 480 g/mol. The van der Waals surface area contributed by atoms with Crippen molar-refractivity contribution >= 4 is 28.9 Å². The minimum Gasteiger partial charge on any atom is -0.496 e. The zero-order valence-electron chi connectivity index (χ0n) is 14.3. The molecule has 0 aliphatic carbocycles. The summed E-state index contributed by atoms with van der Waals surface area (Å²) in [5, 5.41) is 0. The van der Waals surface area contributed by atoms with E-state index in [1.54, 1.807) is 24.3 Å². The van der Waals surface area contributed by atoms with Gasteiger partial charge in [0.1, 0.15) is 12.0 Å². The molecule has 0 saturated carbocycles. The third kappa shape index (κ3) is 5.55. The summed E-state index contributed by atoms with van der Waals surface area (Å²) in [7, 11) is 1.49. The van der Waals surface area contributed by atoms with Gasteiger partial charge in [-0.2, -0.15) is 0 Å². The van der Waals surface area contributed by atoms with E-state index >= 15 is 0 Å². The lowest BCUT2D eigenvalue weighted by Crippen LogP contribution is -2.25. The van der Waals surface area contributed by atoms with Crippen molar-refractivity contribution in [3.63, 3.8) is 0 Å². The van der Waals surface area contributed by atoms with Gasteiger partial charge in [0.05, 0.1) is 7.11 Å². The summed E-state index contributed by atoms with van der Waals surface area (Å²) in [6.07, 6.45) is -2.96. The fourth-order valence-electron chi connectivity index (χ4n) is 2.14. The van der Waals surface area contributed by atoms with Gasteiger partial charge in [0.25, 0.3) is 0 Å². The molecule has 0 saturated heterocycles. The number of methoxy groups -OCH3 is 1. The number of rotatable bonds is 3. The van der Waals surface area contributed by atoms with Gasteiger partial charge in [-0.1, -0.05) is 49.9 Å². The first kappa shape index (κ1) is 24.1. The average molecular weight is 480 g/mol. The van der Waals surface area contributed by atoms with Gasteiger partial charge in [-0.05, 0) is 40.8 Å². The number of ether oxygens (including phenoxy) is 3. The van der Waals surface area contributed by atoms with E-state index in [0.29, 0.717) is 28.7 Å². The summed E-state index contributed by atoms with van der Waals surface area (Å²) in [4.78, 5) is 12.8. The largest absolute Gasteiger partial charge is 0.586 e. The fourth-order valence-corrected chi connectivity index (χ4v) is 2.14. The molecule has 0 amide bonds. The van der Waals surface area contributed by atoms with Crippen molar-refractivity contribution in [3.8, 4) is 28.4 Å². The van der Waals surface area contributed by atoms with Gasteiger partial charge in [-0.3, -0.25) is 4.79 Å². The van der Waals surface area contributed by atoms with Crippen molar-refractivity contribution in [2.75, 3.05) is 12.0 Å². The first-order valence-corrected chi connectivity index (χ1v) is 9.59. The Morgan fingerprint density at radius 3 is 2.23 bits per heavy atom. The Balaban J connectivity index is 0.00000117. The standard InChI is InChI=1S/C15H10F2O4.C2H6.CH3I.CH4/c1-19-12-4-2-9(8-18)6-11(12)10-3-5-13-14(7-10)21-15(16,17)20-13;2*1-2;/h2-8H,1H3;1-2H3;1H3;1H4. The molecule has 0 fully saturated rings. The predicted octanol–water partition coefficient (Wildman–Crippen LogP) is 6.21. The second-order valence-electron chi connectivity index (χ2n) is 4.41. The molecule has 2 aromatic carbocycles. The van der Waals surface area contributed by atoms with Crippen LogP contribution in [0.1, 0.15) is 31.6 Å².